The van der Waals surface area contributed by atoms with Crippen molar-refractivity contribution in [1.82, 2.24) is 0 Å². The zero-order chi connectivity index (χ0) is 9.90. The molecule has 3 nitrogen and oxygen atoms in total. The van der Waals surface area contributed by atoms with Crippen molar-refractivity contribution < 1.29 is 14.3 Å². The molecule has 0 saturated heterocycles. The summed E-state index contributed by atoms with van der Waals surface area (Å²) in [5.74, 6) is 0.108. The highest BCUT2D eigenvalue weighted by molar-refractivity contribution is 6.12. The third kappa shape index (κ3) is 1.79. The summed E-state index contributed by atoms with van der Waals surface area (Å²) in [6.07, 6.45) is 4.48. The molecule has 0 bridgehead atoms. The smallest absolute Gasteiger partial charge is 0.146 e. The Morgan fingerprint density at radius 3 is 2.38 bits per heavy atom. The molecule has 1 rings (SSSR count). The van der Waals surface area contributed by atoms with Gasteiger partial charge in [-0.15, -0.1) is 0 Å². The number of hydrogen-bond acceptors (Lipinski definition) is 3. The van der Waals surface area contributed by atoms with Crippen molar-refractivity contribution in [3.8, 4) is 0 Å². The molecule has 0 heterocycles. The van der Waals surface area contributed by atoms with Crippen LogP contribution in [0.25, 0.3) is 0 Å². The van der Waals surface area contributed by atoms with Gasteiger partial charge >= 0.3 is 0 Å². The Morgan fingerprint density at radius 1 is 1.38 bits per heavy atom. The monoisotopic (exact) mass is 182 g/mol. The van der Waals surface area contributed by atoms with Crippen LogP contribution in [0.2, 0.25) is 0 Å². The predicted octanol–water partition coefficient (Wildman–Crippen LogP) is 1.47. The van der Waals surface area contributed by atoms with Gasteiger partial charge in [0.05, 0.1) is 18.8 Å². The van der Waals surface area contributed by atoms with Gasteiger partial charge in [-0.05, 0) is 19.4 Å². The van der Waals surface area contributed by atoms with E-state index in [1.165, 1.54) is 13.4 Å². The average molecular weight is 182 g/mol. The maximum absolute atomic E-state index is 11.4. The van der Waals surface area contributed by atoms with Crippen molar-refractivity contribution in [2.24, 2.45) is 5.41 Å². The fourth-order valence-corrected chi connectivity index (χ4v) is 1.54. The molecule has 1 aliphatic carbocycles. The second-order valence-electron chi connectivity index (χ2n) is 3.49. The number of carbonyl (C=O) groups excluding carboxylic acids is 2. The molecule has 0 aromatic rings. The largest absolute Gasteiger partial charge is 0.505 e. The number of hydrogen-bond donors (Lipinski definition) is 0. The molecular formula is C10H14O3. The van der Waals surface area contributed by atoms with E-state index in [0.717, 1.165) is 0 Å². The maximum Gasteiger partial charge on any atom is 0.146 e. The molecule has 0 N–H and O–H groups in total. The van der Waals surface area contributed by atoms with Crippen LogP contribution in [0, 0.1) is 5.41 Å². The van der Waals surface area contributed by atoms with E-state index in [9.17, 15) is 9.59 Å². The minimum Gasteiger partial charge on any atom is -0.505 e. The lowest BCUT2D eigenvalue weighted by molar-refractivity contribution is -0.133. The molecule has 13 heavy (non-hydrogen) atoms. The summed E-state index contributed by atoms with van der Waals surface area (Å²) in [6, 6.07) is 0. The summed E-state index contributed by atoms with van der Waals surface area (Å²) in [6.45, 7) is 1.71. The molecule has 3 heteroatoms. The molecule has 1 fully saturated rings. The lowest BCUT2D eigenvalue weighted by atomic mass is 9.83. The SMILES string of the molecule is CO/C=C/CC1(C)C(=O)CCC1=O. The van der Waals surface area contributed by atoms with Crippen LogP contribution in [0.3, 0.4) is 0 Å². The lowest BCUT2D eigenvalue weighted by Gasteiger charge is -2.17. The minimum atomic E-state index is -0.783. The van der Waals surface area contributed by atoms with E-state index in [0.29, 0.717) is 19.3 Å². The number of rotatable bonds is 3. The molecule has 0 radical (unpaired) electrons. The Hall–Kier alpha value is -1.12. The Morgan fingerprint density at radius 2 is 1.92 bits per heavy atom. The Kier molecular flexibility index (Phi) is 2.86. The molecule has 0 atom stereocenters. The number of methoxy groups -OCH3 is 1. The lowest BCUT2D eigenvalue weighted by Crippen LogP contribution is -2.28. The first-order chi connectivity index (χ1) is 6.11. The summed E-state index contributed by atoms with van der Waals surface area (Å²) in [7, 11) is 1.54. The van der Waals surface area contributed by atoms with E-state index in [2.05, 4.69) is 0 Å². The van der Waals surface area contributed by atoms with Crippen LogP contribution < -0.4 is 0 Å². The molecule has 0 unspecified atom stereocenters. The van der Waals surface area contributed by atoms with Gasteiger partial charge in [-0.2, -0.15) is 0 Å². The molecule has 0 aliphatic heterocycles. The van der Waals surface area contributed by atoms with Gasteiger partial charge in [0.2, 0.25) is 0 Å². The van der Waals surface area contributed by atoms with Crippen LogP contribution in [0.4, 0.5) is 0 Å². The fourth-order valence-electron chi connectivity index (χ4n) is 1.54. The van der Waals surface area contributed by atoms with E-state index in [1.54, 1.807) is 13.0 Å². The minimum absolute atomic E-state index is 0.0539. The van der Waals surface area contributed by atoms with Crippen molar-refractivity contribution in [3.05, 3.63) is 12.3 Å². The summed E-state index contributed by atoms with van der Waals surface area (Å²) >= 11 is 0. The van der Waals surface area contributed by atoms with Crippen LogP contribution in [-0.2, 0) is 14.3 Å². The molecule has 1 aliphatic rings. The molecular weight excluding hydrogens is 168 g/mol. The third-order valence-corrected chi connectivity index (χ3v) is 2.57. The van der Waals surface area contributed by atoms with E-state index in [1.807, 2.05) is 0 Å². The fraction of sp³-hybridized carbons (Fsp3) is 0.600. The molecule has 0 aromatic heterocycles. The van der Waals surface area contributed by atoms with Crippen LogP contribution in [-0.4, -0.2) is 18.7 Å². The number of ether oxygens (including phenoxy) is 1. The zero-order valence-corrected chi connectivity index (χ0v) is 8.00. The summed E-state index contributed by atoms with van der Waals surface area (Å²) in [5, 5.41) is 0. The van der Waals surface area contributed by atoms with Gasteiger partial charge in [-0.25, -0.2) is 0 Å². The highest BCUT2D eigenvalue weighted by atomic mass is 16.5. The van der Waals surface area contributed by atoms with Gasteiger partial charge < -0.3 is 4.74 Å². The Bertz CT molecular complexity index is 237. The van der Waals surface area contributed by atoms with E-state index in [4.69, 9.17) is 4.74 Å². The Balaban J connectivity index is 2.68. The first-order valence-electron chi connectivity index (χ1n) is 4.35. The van der Waals surface area contributed by atoms with Crippen LogP contribution in [0.15, 0.2) is 12.3 Å². The molecule has 1 saturated carbocycles. The Labute approximate surface area is 77.8 Å². The van der Waals surface area contributed by atoms with E-state index >= 15 is 0 Å². The van der Waals surface area contributed by atoms with Crippen molar-refractivity contribution in [2.75, 3.05) is 7.11 Å². The van der Waals surface area contributed by atoms with Crippen LogP contribution >= 0.6 is 0 Å². The molecule has 0 spiro atoms. The molecule has 72 valence electrons. The second-order valence-corrected chi connectivity index (χ2v) is 3.49. The summed E-state index contributed by atoms with van der Waals surface area (Å²) in [5.41, 5.74) is -0.783. The van der Waals surface area contributed by atoms with Crippen molar-refractivity contribution in [3.63, 3.8) is 0 Å². The summed E-state index contributed by atoms with van der Waals surface area (Å²) < 4.78 is 4.71. The number of Topliss-reactive ketones (excluding diaryl/α,β-unsaturated/α-hetero) is 2. The van der Waals surface area contributed by atoms with Gasteiger partial charge in [0, 0.05) is 12.8 Å². The van der Waals surface area contributed by atoms with Crippen LogP contribution in [0.5, 0.6) is 0 Å². The number of carbonyl (C=O) groups is 2. The van der Waals surface area contributed by atoms with Crippen molar-refractivity contribution in [1.29, 1.82) is 0 Å². The standard InChI is InChI=1S/C10H14O3/c1-10(6-3-7-13-2)8(11)4-5-9(10)12/h3,7H,4-6H2,1-2H3/b7-3+. The van der Waals surface area contributed by atoms with Gasteiger partial charge in [0.15, 0.2) is 0 Å². The number of ketones is 2. The summed E-state index contributed by atoms with van der Waals surface area (Å²) in [4.78, 5) is 22.8. The second kappa shape index (κ2) is 3.73. The highest BCUT2D eigenvalue weighted by Gasteiger charge is 2.43. The maximum atomic E-state index is 11.4. The van der Waals surface area contributed by atoms with Gasteiger partial charge in [-0.1, -0.05) is 0 Å². The highest BCUT2D eigenvalue weighted by Crippen LogP contribution is 2.34. The topological polar surface area (TPSA) is 43.4 Å². The first kappa shape index (κ1) is 9.96. The zero-order valence-electron chi connectivity index (χ0n) is 8.00. The van der Waals surface area contributed by atoms with E-state index < -0.39 is 5.41 Å². The van der Waals surface area contributed by atoms with E-state index in [-0.39, 0.29) is 11.6 Å². The third-order valence-electron chi connectivity index (χ3n) is 2.57. The number of allylic oxidation sites excluding steroid dienone is 1. The average Bonchev–Trinajstić information content (AvgIpc) is 2.35. The predicted molar refractivity (Wildman–Crippen MR) is 48.1 cm³/mol. The van der Waals surface area contributed by atoms with Gasteiger partial charge in [0.1, 0.15) is 11.6 Å². The van der Waals surface area contributed by atoms with Crippen molar-refractivity contribution in [2.45, 2.75) is 26.2 Å². The molecule has 0 aromatic carbocycles. The van der Waals surface area contributed by atoms with Crippen LogP contribution in [0.1, 0.15) is 26.2 Å². The first-order valence-corrected chi connectivity index (χ1v) is 4.35. The van der Waals surface area contributed by atoms with Crippen molar-refractivity contribution >= 4 is 11.6 Å². The normalized spacial score (nSPS) is 21.4. The molecule has 0 amide bonds. The van der Waals surface area contributed by atoms with Gasteiger partial charge in [0.25, 0.3) is 0 Å². The quantitative estimate of drug-likeness (QED) is 0.490. The van der Waals surface area contributed by atoms with Gasteiger partial charge in [-0.3, -0.25) is 9.59 Å².